The number of carbonyl (C=O) groups is 1. The molecule has 1 aliphatic carbocycles. The van der Waals surface area contributed by atoms with Gasteiger partial charge in [-0.3, -0.25) is 4.79 Å². The van der Waals surface area contributed by atoms with Gasteiger partial charge in [0.05, 0.1) is 0 Å². The standard InChI is InChI=1S/C13H23N3O2/c1-9-6-10(2)8-16(7-9)12(17)13(4-3-5-13)11(14)15-18/h9-10,18H,3-8H2,1-2H3,(H2,14,15). The van der Waals surface area contributed by atoms with Gasteiger partial charge in [-0.2, -0.15) is 0 Å². The molecule has 5 nitrogen and oxygen atoms in total. The third-order valence-electron chi connectivity index (χ3n) is 4.37. The van der Waals surface area contributed by atoms with Crippen molar-refractivity contribution in [3.63, 3.8) is 0 Å². The summed E-state index contributed by atoms with van der Waals surface area (Å²) in [6, 6.07) is 0. The molecule has 1 amide bonds. The van der Waals surface area contributed by atoms with E-state index in [1.807, 2.05) is 4.90 Å². The van der Waals surface area contributed by atoms with E-state index in [2.05, 4.69) is 19.0 Å². The molecule has 2 rings (SSSR count). The monoisotopic (exact) mass is 253 g/mol. The van der Waals surface area contributed by atoms with Crippen LogP contribution in [0.4, 0.5) is 0 Å². The normalized spacial score (nSPS) is 31.9. The van der Waals surface area contributed by atoms with E-state index in [1.54, 1.807) is 0 Å². The average molecular weight is 253 g/mol. The Hall–Kier alpha value is -1.26. The third-order valence-corrected chi connectivity index (χ3v) is 4.37. The molecule has 0 radical (unpaired) electrons. The highest BCUT2D eigenvalue weighted by atomic mass is 16.4. The number of amides is 1. The summed E-state index contributed by atoms with van der Waals surface area (Å²) in [4.78, 5) is 14.6. The second-order valence-electron chi connectivity index (χ2n) is 6.08. The van der Waals surface area contributed by atoms with Crippen molar-refractivity contribution in [1.29, 1.82) is 0 Å². The number of piperidine rings is 1. The van der Waals surface area contributed by atoms with Crippen molar-refractivity contribution in [2.24, 2.45) is 28.1 Å². The van der Waals surface area contributed by atoms with Gasteiger partial charge in [-0.25, -0.2) is 0 Å². The molecule has 0 spiro atoms. The zero-order valence-electron chi connectivity index (χ0n) is 11.2. The number of hydrogen-bond acceptors (Lipinski definition) is 3. The van der Waals surface area contributed by atoms with Gasteiger partial charge in [-0.15, -0.1) is 0 Å². The summed E-state index contributed by atoms with van der Waals surface area (Å²) in [5.74, 6) is 1.20. The topological polar surface area (TPSA) is 78.9 Å². The first-order valence-corrected chi connectivity index (χ1v) is 6.77. The van der Waals surface area contributed by atoms with E-state index in [1.165, 1.54) is 6.42 Å². The lowest BCUT2D eigenvalue weighted by atomic mass is 9.66. The summed E-state index contributed by atoms with van der Waals surface area (Å²) >= 11 is 0. The summed E-state index contributed by atoms with van der Waals surface area (Å²) in [5, 5.41) is 12.0. The highest BCUT2D eigenvalue weighted by Crippen LogP contribution is 2.43. The van der Waals surface area contributed by atoms with E-state index in [0.717, 1.165) is 19.5 Å². The van der Waals surface area contributed by atoms with Crippen molar-refractivity contribution >= 4 is 11.7 Å². The minimum absolute atomic E-state index is 0.0578. The first kappa shape index (κ1) is 13.2. The van der Waals surface area contributed by atoms with Crippen LogP contribution in [0.5, 0.6) is 0 Å². The van der Waals surface area contributed by atoms with Crippen molar-refractivity contribution in [3.05, 3.63) is 0 Å². The highest BCUT2D eigenvalue weighted by Gasteiger charge is 2.50. The Bertz CT molecular complexity index is 353. The van der Waals surface area contributed by atoms with Gasteiger partial charge < -0.3 is 15.8 Å². The largest absolute Gasteiger partial charge is 0.409 e. The Labute approximate surface area is 108 Å². The van der Waals surface area contributed by atoms with Crippen LogP contribution in [0.25, 0.3) is 0 Å². The molecule has 1 saturated heterocycles. The van der Waals surface area contributed by atoms with Crippen LogP contribution in [-0.2, 0) is 4.79 Å². The van der Waals surface area contributed by atoms with Gasteiger partial charge in [-0.1, -0.05) is 25.4 Å². The van der Waals surface area contributed by atoms with Crippen LogP contribution in [0, 0.1) is 17.3 Å². The first-order chi connectivity index (χ1) is 8.49. The quantitative estimate of drug-likeness (QED) is 0.338. The minimum atomic E-state index is -0.717. The molecule has 2 fully saturated rings. The molecule has 0 aromatic carbocycles. The summed E-state index contributed by atoms with van der Waals surface area (Å²) in [7, 11) is 0. The van der Waals surface area contributed by atoms with Gasteiger partial charge in [0.2, 0.25) is 5.91 Å². The van der Waals surface area contributed by atoms with Crippen LogP contribution in [-0.4, -0.2) is 34.9 Å². The Morgan fingerprint density at radius 2 is 1.89 bits per heavy atom. The lowest BCUT2D eigenvalue weighted by Gasteiger charge is -2.45. The van der Waals surface area contributed by atoms with Crippen molar-refractivity contribution in [2.45, 2.75) is 39.5 Å². The van der Waals surface area contributed by atoms with Gasteiger partial charge >= 0.3 is 0 Å². The number of hydrogen-bond donors (Lipinski definition) is 2. The molecule has 1 saturated carbocycles. The molecule has 18 heavy (non-hydrogen) atoms. The number of nitrogens with zero attached hydrogens (tertiary/aromatic N) is 2. The van der Waals surface area contributed by atoms with Crippen molar-refractivity contribution in [2.75, 3.05) is 13.1 Å². The SMILES string of the molecule is CC1CC(C)CN(C(=O)C2(C(N)=NO)CCC2)C1. The molecule has 1 aliphatic heterocycles. The van der Waals surface area contributed by atoms with Gasteiger partial charge in [0.25, 0.3) is 0 Å². The van der Waals surface area contributed by atoms with E-state index in [0.29, 0.717) is 24.7 Å². The molecule has 5 heteroatoms. The first-order valence-electron chi connectivity index (χ1n) is 6.77. The van der Waals surface area contributed by atoms with Crippen molar-refractivity contribution in [1.82, 2.24) is 4.90 Å². The molecule has 1 heterocycles. The Kier molecular flexibility index (Phi) is 3.50. The van der Waals surface area contributed by atoms with Crippen LogP contribution >= 0.6 is 0 Å². The minimum Gasteiger partial charge on any atom is -0.409 e. The Balaban J connectivity index is 2.15. The number of nitrogens with two attached hydrogens (primary N) is 1. The summed E-state index contributed by atoms with van der Waals surface area (Å²) < 4.78 is 0. The second kappa shape index (κ2) is 4.78. The molecular formula is C13H23N3O2. The maximum Gasteiger partial charge on any atom is 0.236 e. The lowest BCUT2D eigenvalue weighted by Crippen LogP contribution is -2.57. The number of carbonyl (C=O) groups excluding carboxylic acids is 1. The molecule has 2 unspecified atom stereocenters. The van der Waals surface area contributed by atoms with E-state index >= 15 is 0 Å². The zero-order chi connectivity index (χ0) is 13.3. The fraction of sp³-hybridized carbons (Fsp3) is 0.846. The number of likely N-dealkylation sites (tertiary alicyclic amines) is 1. The lowest BCUT2D eigenvalue weighted by molar-refractivity contribution is -0.145. The third kappa shape index (κ3) is 2.06. The van der Waals surface area contributed by atoms with Crippen LogP contribution in [0.2, 0.25) is 0 Å². The maximum absolute atomic E-state index is 12.6. The van der Waals surface area contributed by atoms with Crippen molar-refractivity contribution in [3.8, 4) is 0 Å². The Morgan fingerprint density at radius 1 is 1.33 bits per heavy atom. The van der Waals surface area contributed by atoms with Crippen LogP contribution in [0.15, 0.2) is 5.16 Å². The van der Waals surface area contributed by atoms with Crippen LogP contribution in [0.3, 0.4) is 0 Å². The molecule has 3 N–H and O–H groups in total. The Morgan fingerprint density at radius 3 is 2.28 bits per heavy atom. The molecule has 0 aromatic heterocycles. The fourth-order valence-electron chi connectivity index (χ4n) is 3.34. The van der Waals surface area contributed by atoms with Crippen molar-refractivity contribution < 1.29 is 10.0 Å². The number of rotatable bonds is 2. The predicted octanol–water partition coefficient (Wildman–Crippen LogP) is 1.41. The van der Waals surface area contributed by atoms with E-state index in [9.17, 15) is 4.79 Å². The van der Waals surface area contributed by atoms with Crippen LogP contribution in [0.1, 0.15) is 39.5 Å². The van der Waals surface area contributed by atoms with E-state index < -0.39 is 5.41 Å². The number of oxime groups is 1. The molecule has 0 aromatic rings. The fourth-order valence-corrected chi connectivity index (χ4v) is 3.34. The maximum atomic E-state index is 12.6. The smallest absolute Gasteiger partial charge is 0.236 e. The summed E-state index contributed by atoms with van der Waals surface area (Å²) in [6.07, 6.45) is 3.56. The molecule has 0 bridgehead atoms. The highest BCUT2D eigenvalue weighted by molar-refractivity contribution is 6.07. The van der Waals surface area contributed by atoms with Crippen LogP contribution < -0.4 is 5.73 Å². The van der Waals surface area contributed by atoms with Gasteiger partial charge in [0.15, 0.2) is 5.84 Å². The van der Waals surface area contributed by atoms with Gasteiger partial charge in [0.1, 0.15) is 5.41 Å². The van der Waals surface area contributed by atoms with Gasteiger partial charge in [-0.05, 0) is 31.1 Å². The van der Waals surface area contributed by atoms with Gasteiger partial charge in [0, 0.05) is 13.1 Å². The zero-order valence-corrected chi connectivity index (χ0v) is 11.2. The molecule has 2 aliphatic rings. The van der Waals surface area contributed by atoms with E-state index in [4.69, 9.17) is 10.9 Å². The average Bonchev–Trinajstić information content (AvgIpc) is 2.25. The summed E-state index contributed by atoms with van der Waals surface area (Å²) in [5.41, 5.74) is 5.03. The number of amidine groups is 1. The molecular weight excluding hydrogens is 230 g/mol. The van der Waals surface area contributed by atoms with E-state index in [-0.39, 0.29) is 11.7 Å². The molecule has 102 valence electrons. The second-order valence-corrected chi connectivity index (χ2v) is 6.08. The molecule has 2 atom stereocenters. The summed E-state index contributed by atoms with van der Waals surface area (Å²) in [6.45, 7) is 5.94. The predicted molar refractivity (Wildman–Crippen MR) is 69.2 cm³/mol.